The number of morpholine rings is 1. The van der Waals surface area contributed by atoms with Gasteiger partial charge < -0.3 is 24.1 Å². The summed E-state index contributed by atoms with van der Waals surface area (Å²) in [4.78, 5) is 26.8. The summed E-state index contributed by atoms with van der Waals surface area (Å²) in [5.74, 6) is 0.503. The highest BCUT2D eigenvalue weighted by Gasteiger charge is 2.20. The lowest BCUT2D eigenvalue weighted by atomic mass is 10.1. The topological polar surface area (TPSA) is 81.0 Å². The van der Waals surface area contributed by atoms with E-state index in [0.29, 0.717) is 43.3 Å². The average molecular weight is 432 g/mol. The number of amides is 1. The maximum Gasteiger partial charge on any atom is 0.340 e. The lowest BCUT2D eigenvalue weighted by Crippen LogP contribution is -2.37. The highest BCUT2D eigenvalue weighted by Crippen LogP contribution is 2.26. The van der Waals surface area contributed by atoms with E-state index in [1.807, 2.05) is 42.5 Å². The van der Waals surface area contributed by atoms with Crippen molar-refractivity contribution in [2.24, 2.45) is 0 Å². The summed E-state index contributed by atoms with van der Waals surface area (Å²) in [7, 11) is 1.34. The molecular weight excluding hydrogens is 408 g/mol. The molecule has 0 radical (unpaired) electrons. The monoisotopic (exact) mass is 432 g/mol. The Bertz CT molecular complexity index is 1110. The second kappa shape index (κ2) is 9.98. The van der Waals surface area contributed by atoms with Crippen LogP contribution in [0.25, 0.3) is 17.4 Å². The zero-order chi connectivity index (χ0) is 22.3. The summed E-state index contributed by atoms with van der Waals surface area (Å²) in [5.41, 5.74) is 2.63. The first-order valence-corrected chi connectivity index (χ1v) is 10.3. The number of hydrogen-bond acceptors (Lipinski definition) is 6. The minimum absolute atomic E-state index is 0.336. The van der Waals surface area contributed by atoms with E-state index in [0.717, 1.165) is 17.0 Å². The number of esters is 1. The van der Waals surface area contributed by atoms with Crippen molar-refractivity contribution in [3.05, 3.63) is 78.1 Å². The molecule has 2 heterocycles. The molecule has 7 heteroatoms. The molecule has 0 aliphatic carbocycles. The van der Waals surface area contributed by atoms with E-state index < -0.39 is 5.97 Å². The van der Waals surface area contributed by atoms with Crippen molar-refractivity contribution in [1.29, 1.82) is 0 Å². The fourth-order valence-corrected chi connectivity index (χ4v) is 3.51. The Kier molecular flexibility index (Phi) is 6.67. The highest BCUT2D eigenvalue weighted by molar-refractivity contribution is 6.03. The van der Waals surface area contributed by atoms with Crippen LogP contribution < -0.4 is 10.2 Å². The van der Waals surface area contributed by atoms with Crippen LogP contribution in [0.5, 0.6) is 0 Å². The van der Waals surface area contributed by atoms with Crippen molar-refractivity contribution < 1.29 is 23.5 Å². The van der Waals surface area contributed by atoms with Gasteiger partial charge in [-0.1, -0.05) is 30.3 Å². The molecule has 0 unspecified atom stereocenters. The second-order valence-electron chi connectivity index (χ2n) is 7.21. The number of anilines is 2. The molecule has 1 amide bonds. The van der Waals surface area contributed by atoms with Crippen molar-refractivity contribution in [3.63, 3.8) is 0 Å². The molecule has 32 heavy (non-hydrogen) atoms. The number of nitrogens with one attached hydrogen (secondary N) is 1. The molecule has 4 rings (SSSR count). The summed E-state index contributed by atoms with van der Waals surface area (Å²) >= 11 is 0. The number of rotatable bonds is 6. The van der Waals surface area contributed by atoms with Crippen molar-refractivity contribution in [2.75, 3.05) is 43.6 Å². The smallest absolute Gasteiger partial charge is 0.340 e. The van der Waals surface area contributed by atoms with Crippen LogP contribution in [0.4, 0.5) is 11.4 Å². The van der Waals surface area contributed by atoms with Crippen LogP contribution in [-0.2, 0) is 14.3 Å². The van der Waals surface area contributed by atoms with Crippen LogP contribution in [0, 0.1) is 0 Å². The molecule has 164 valence electrons. The van der Waals surface area contributed by atoms with Gasteiger partial charge in [0.15, 0.2) is 0 Å². The number of nitrogens with zero attached hydrogens (tertiary/aromatic N) is 1. The van der Waals surface area contributed by atoms with Crippen molar-refractivity contribution >= 4 is 29.3 Å². The lowest BCUT2D eigenvalue weighted by molar-refractivity contribution is -0.111. The molecule has 1 N–H and O–H groups in total. The molecule has 1 saturated heterocycles. The minimum atomic E-state index is -0.456. The van der Waals surface area contributed by atoms with Crippen molar-refractivity contribution in [2.45, 2.75) is 0 Å². The third kappa shape index (κ3) is 5.07. The van der Waals surface area contributed by atoms with E-state index in [4.69, 9.17) is 13.9 Å². The van der Waals surface area contributed by atoms with Gasteiger partial charge in [-0.25, -0.2) is 4.79 Å². The summed E-state index contributed by atoms with van der Waals surface area (Å²) in [5, 5.41) is 2.78. The number of carbonyl (C=O) groups is 2. The van der Waals surface area contributed by atoms with Crippen LogP contribution in [-0.4, -0.2) is 45.3 Å². The van der Waals surface area contributed by atoms with Gasteiger partial charge in [-0.2, -0.15) is 0 Å². The van der Waals surface area contributed by atoms with Crippen molar-refractivity contribution in [1.82, 2.24) is 0 Å². The fraction of sp³-hybridized carbons (Fsp3) is 0.200. The molecule has 0 bridgehead atoms. The molecule has 7 nitrogen and oxygen atoms in total. The Labute approximate surface area is 186 Å². The maximum atomic E-state index is 12.4. The van der Waals surface area contributed by atoms with E-state index in [2.05, 4.69) is 10.2 Å². The summed E-state index contributed by atoms with van der Waals surface area (Å²) in [6.07, 6.45) is 2.99. The Hall–Kier alpha value is -3.84. The van der Waals surface area contributed by atoms with Gasteiger partial charge in [0.2, 0.25) is 5.91 Å². The zero-order valence-corrected chi connectivity index (χ0v) is 17.7. The van der Waals surface area contributed by atoms with Crippen LogP contribution in [0.1, 0.15) is 16.1 Å². The third-order valence-corrected chi connectivity index (χ3v) is 5.11. The predicted octanol–water partition coefficient (Wildman–Crippen LogP) is 4.22. The molecule has 0 atom stereocenters. The van der Waals surface area contributed by atoms with Gasteiger partial charge in [0.05, 0.1) is 31.6 Å². The van der Waals surface area contributed by atoms with Gasteiger partial charge in [-0.05, 0) is 36.4 Å². The standard InChI is InChI=1S/C25H24N2O5/c1-30-25(29)21-17-19(7-10-22(21)27-13-15-31-16-14-27)26-24(28)12-9-20-8-11-23(32-20)18-5-3-2-4-6-18/h2-12,17H,13-16H2,1H3,(H,26,28)/b12-9+. The number of benzene rings is 2. The fourth-order valence-electron chi connectivity index (χ4n) is 3.51. The van der Waals surface area contributed by atoms with Crippen LogP contribution in [0.15, 0.2) is 71.2 Å². The van der Waals surface area contributed by atoms with Gasteiger partial charge in [0.1, 0.15) is 11.5 Å². The molecular formula is C25H24N2O5. The molecule has 0 saturated carbocycles. The molecule has 3 aromatic rings. The summed E-state index contributed by atoms with van der Waals surface area (Å²) in [6, 6.07) is 18.6. The van der Waals surface area contributed by atoms with E-state index >= 15 is 0 Å². The minimum Gasteiger partial charge on any atom is -0.465 e. The normalized spacial score (nSPS) is 13.8. The van der Waals surface area contributed by atoms with E-state index in [-0.39, 0.29) is 5.91 Å². The number of methoxy groups -OCH3 is 1. The lowest BCUT2D eigenvalue weighted by Gasteiger charge is -2.30. The number of hydrogen-bond donors (Lipinski definition) is 1. The van der Waals surface area contributed by atoms with Crippen LogP contribution >= 0.6 is 0 Å². The van der Waals surface area contributed by atoms with E-state index in [1.165, 1.54) is 13.2 Å². The van der Waals surface area contributed by atoms with Gasteiger partial charge in [-0.15, -0.1) is 0 Å². The molecule has 1 aliphatic heterocycles. The Morgan fingerprint density at radius 1 is 1.03 bits per heavy atom. The third-order valence-electron chi connectivity index (χ3n) is 5.11. The summed E-state index contributed by atoms with van der Waals surface area (Å²) < 4.78 is 16.1. The first-order chi connectivity index (χ1) is 15.6. The molecule has 1 aliphatic rings. The molecule has 2 aromatic carbocycles. The molecule has 1 fully saturated rings. The zero-order valence-electron chi connectivity index (χ0n) is 17.7. The van der Waals surface area contributed by atoms with Crippen LogP contribution in [0.2, 0.25) is 0 Å². The van der Waals surface area contributed by atoms with Gasteiger partial charge >= 0.3 is 5.97 Å². The first kappa shape index (κ1) is 21.4. The summed E-state index contributed by atoms with van der Waals surface area (Å²) in [6.45, 7) is 2.57. The van der Waals surface area contributed by atoms with Gasteiger partial charge in [0, 0.05) is 30.4 Å². The molecule has 1 aromatic heterocycles. The Morgan fingerprint density at radius 3 is 2.56 bits per heavy atom. The molecule has 0 spiro atoms. The van der Waals surface area contributed by atoms with Gasteiger partial charge in [-0.3, -0.25) is 4.79 Å². The van der Waals surface area contributed by atoms with Gasteiger partial charge in [0.25, 0.3) is 0 Å². The first-order valence-electron chi connectivity index (χ1n) is 10.3. The maximum absolute atomic E-state index is 12.4. The van der Waals surface area contributed by atoms with Crippen molar-refractivity contribution in [3.8, 4) is 11.3 Å². The van der Waals surface area contributed by atoms with Crippen LogP contribution in [0.3, 0.4) is 0 Å². The average Bonchev–Trinajstić information content (AvgIpc) is 3.32. The Morgan fingerprint density at radius 2 is 1.81 bits per heavy atom. The highest BCUT2D eigenvalue weighted by atomic mass is 16.5. The largest absolute Gasteiger partial charge is 0.465 e. The number of furan rings is 1. The SMILES string of the molecule is COC(=O)c1cc(NC(=O)/C=C/c2ccc(-c3ccccc3)o2)ccc1N1CCOCC1. The Balaban J connectivity index is 1.46. The quantitative estimate of drug-likeness (QED) is 0.464. The number of carbonyl (C=O) groups excluding carboxylic acids is 2. The number of ether oxygens (including phenoxy) is 2. The predicted molar refractivity (Wildman–Crippen MR) is 123 cm³/mol. The second-order valence-corrected chi connectivity index (χ2v) is 7.21. The van der Waals surface area contributed by atoms with E-state index in [9.17, 15) is 9.59 Å². The van der Waals surface area contributed by atoms with E-state index in [1.54, 1.807) is 24.3 Å².